The monoisotopic (exact) mass is 232 g/mol. The average Bonchev–Trinajstić information content (AvgIpc) is 2.66. The summed E-state index contributed by atoms with van der Waals surface area (Å²) in [6, 6.07) is 0. The molecule has 0 aliphatic heterocycles. The number of rotatable bonds is 5. The van der Waals surface area contributed by atoms with Crippen LogP contribution >= 0.6 is 23.1 Å². The summed E-state index contributed by atoms with van der Waals surface area (Å²) in [4.78, 5) is 15.5. The van der Waals surface area contributed by atoms with Crippen molar-refractivity contribution in [1.82, 2.24) is 4.98 Å². The minimum absolute atomic E-state index is 0.422. The molecule has 78 valence electrons. The molecular formula is C8H12N2O2S2. The Morgan fingerprint density at radius 1 is 1.86 bits per heavy atom. The summed E-state index contributed by atoms with van der Waals surface area (Å²) in [5, 5.41) is 9.08. The molecular weight excluding hydrogens is 220 g/mol. The largest absolute Gasteiger partial charge is 0.480 e. The number of hydrogen-bond acceptors (Lipinski definition) is 5. The van der Waals surface area contributed by atoms with Crippen LogP contribution in [0.4, 0.5) is 0 Å². The minimum atomic E-state index is -1.27. The molecule has 1 aromatic rings. The third-order valence-corrected chi connectivity index (χ3v) is 3.52. The lowest BCUT2D eigenvalue weighted by Crippen LogP contribution is -2.44. The first kappa shape index (κ1) is 11.5. The third kappa shape index (κ3) is 2.26. The highest BCUT2D eigenvalue weighted by atomic mass is 32.2. The van der Waals surface area contributed by atoms with E-state index >= 15 is 0 Å². The van der Waals surface area contributed by atoms with E-state index in [1.807, 2.05) is 6.26 Å². The number of aliphatic carboxylic acids is 1. The molecule has 0 aromatic carbocycles. The van der Waals surface area contributed by atoms with Crippen LogP contribution in [0, 0.1) is 0 Å². The summed E-state index contributed by atoms with van der Waals surface area (Å²) < 4.78 is 0. The number of aromatic nitrogens is 1. The van der Waals surface area contributed by atoms with Crippen LogP contribution in [-0.2, 0) is 10.3 Å². The van der Waals surface area contributed by atoms with Gasteiger partial charge in [-0.25, -0.2) is 4.79 Å². The fourth-order valence-corrected chi connectivity index (χ4v) is 2.32. The summed E-state index contributed by atoms with van der Waals surface area (Å²) in [6.45, 7) is 0. The van der Waals surface area contributed by atoms with E-state index in [1.165, 1.54) is 17.5 Å². The van der Waals surface area contributed by atoms with E-state index in [2.05, 4.69) is 4.98 Å². The SMILES string of the molecule is CSCCC(N)(C(=O)O)c1cncs1. The van der Waals surface area contributed by atoms with Crippen LogP contribution < -0.4 is 5.73 Å². The molecule has 0 amide bonds. The van der Waals surface area contributed by atoms with Gasteiger partial charge in [-0.15, -0.1) is 11.3 Å². The molecule has 0 radical (unpaired) electrons. The van der Waals surface area contributed by atoms with Gasteiger partial charge in [0.15, 0.2) is 5.54 Å². The topological polar surface area (TPSA) is 76.2 Å². The number of nitrogens with two attached hydrogens (primary N) is 1. The molecule has 0 aliphatic rings. The van der Waals surface area contributed by atoms with Crippen molar-refractivity contribution in [3.8, 4) is 0 Å². The molecule has 0 bridgehead atoms. The van der Waals surface area contributed by atoms with E-state index in [0.29, 0.717) is 11.3 Å². The van der Waals surface area contributed by atoms with Crippen molar-refractivity contribution in [2.24, 2.45) is 5.73 Å². The Balaban J connectivity index is 2.87. The van der Waals surface area contributed by atoms with Crippen molar-refractivity contribution >= 4 is 29.1 Å². The van der Waals surface area contributed by atoms with Gasteiger partial charge in [-0.2, -0.15) is 11.8 Å². The lowest BCUT2D eigenvalue weighted by molar-refractivity contribution is -0.143. The smallest absolute Gasteiger partial charge is 0.329 e. The van der Waals surface area contributed by atoms with E-state index in [-0.39, 0.29) is 0 Å². The van der Waals surface area contributed by atoms with E-state index in [0.717, 1.165) is 5.75 Å². The molecule has 6 heteroatoms. The van der Waals surface area contributed by atoms with Gasteiger partial charge >= 0.3 is 5.97 Å². The summed E-state index contributed by atoms with van der Waals surface area (Å²) in [6.07, 6.45) is 3.87. The standard InChI is InChI=1S/C8H12N2O2S2/c1-13-3-2-8(9,7(11)12)6-4-10-5-14-6/h4-5H,2-3,9H2,1H3,(H,11,12). The van der Waals surface area contributed by atoms with Crippen LogP contribution in [0.2, 0.25) is 0 Å². The molecule has 1 aromatic heterocycles. The van der Waals surface area contributed by atoms with Gasteiger partial charge in [-0.3, -0.25) is 4.98 Å². The fraction of sp³-hybridized carbons (Fsp3) is 0.500. The first-order chi connectivity index (χ1) is 6.61. The van der Waals surface area contributed by atoms with E-state index in [9.17, 15) is 4.79 Å². The van der Waals surface area contributed by atoms with Crippen LogP contribution in [0.15, 0.2) is 11.7 Å². The predicted octanol–water partition coefficient (Wildman–Crippen LogP) is 1.13. The number of hydrogen-bond donors (Lipinski definition) is 2. The number of thiazole rings is 1. The Morgan fingerprint density at radius 3 is 3.00 bits per heavy atom. The van der Waals surface area contributed by atoms with Crippen LogP contribution in [0.1, 0.15) is 11.3 Å². The number of carboxylic acids is 1. The summed E-state index contributed by atoms with van der Waals surface area (Å²) in [7, 11) is 0. The number of carbonyl (C=O) groups is 1. The molecule has 4 nitrogen and oxygen atoms in total. The van der Waals surface area contributed by atoms with Crippen molar-refractivity contribution in [3.63, 3.8) is 0 Å². The van der Waals surface area contributed by atoms with E-state index in [4.69, 9.17) is 10.8 Å². The van der Waals surface area contributed by atoms with Crippen molar-refractivity contribution < 1.29 is 9.90 Å². The maximum absolute atomic E-state index is 11.1. The first-order valence-corrected chi connectivity index (χ1v) is 6.29. The second-order valence-corrected chi connectivity index (χ2v) is 4.76. The molecule has 1 unspecified atom stereocenters. The Kier molecular flexibility index (Phi) is 3.91. The number of carboxylic acid groups (broad SMARTS) is 1. The molecule has 1 atom stereocenters. The number of thioether (sulfide) groups is 1. The van der Waals surface area contributed by atoms with Crippen LogP contribution in [0.5, 0.6) is 0 Å². The zero-order valence-electron chi connectivity index (χ0n) is 7.77. The van der Waals surface area contributed by atoms with Gasteiger partial charge < -0.3 is 10.8 Å². The highest BCUT2D eigenvalue weighted by Crippen LogP contribution is 2.26. The van der Waals surface area contributed by atoms with Crippen molar-refractivity contribution in [2.45, 2.75) is 12.0 Å². The zero-order chi connectivity index (χ0) is 10.6. The van der Waals surface area contributed by atoms with Gasteiger partial charge in [-0.05, 0) is 18.4 Å². The zero-order valence-corrected chi connectivity index (χ0v) is 9.40. The minimum Gasteiger partial charge on any atom is -0.480 e. The van der Waals surface area contributed by atoms with Gasteiger partial charge in [0.25, 0.3) is 0 Å². The van der Waals surface area contributed by atoms with Gasteiger partial charge in [0.2, 0.25) is 0 Å². The van der Waals surface area contributed by atoms with Crippen LogP contribution in [-0.4, -0.2) is 28.1 Å². The molecule has 3 N–H and O–H groups in total. The molecule has 1 heterocycles. The van der Waals surface area contributed by atoms with Crippen LogP contribution in [0.25, 0.3) is 0 Å². The normalized spacial score (nSPS) is 15.0. The molecule has 0 fully saturated rings. The second-order valence-electron chi connectivity index (χ2n) is 2.88. The lowest BCUT2D eigenvalue weighted by Gasteiger charge is -2.22. The maximum atomic E-state index is 11.1. The van der Waals surface area contributed by atoms with Crippen LogP contribution in [0.3, 0.4) is 0 Å². The van der Waals surface area contributed by atoms with Crippen molar-refractivity contribution in [3.05, 3.63) is 16.6 Å². The maximum Gasteiger partial charge on any atom is 0.329 e. The highest BCUT2D eigenvalue weighted by molar-refractivity contribution is 7.98. The molecule has 1 rings (SSSR count). The molecule has 14 heavy (non-hydrogen) atoms. The quantitative estimate of drug-likeness (QED) is 0.796. The van der Waals surface area contributed by atoms with Gasteiger partial charge in [0.05, 0.1) is 10.4 Å². The Bertz CT molecular complexity index is 302. The highest BCUT2D eigenvalue weighted by Gasteiger charge is 2.36. The Labute approximate surface area is 90.5 Å². The van der Waals surface area contributed by atoms with Crippen molar-refractivity contribution in [1.29, 1.82) is 0 Å². The summed E-state index contributed by atoms with van der Waals surface area (Å²) in [5.41, 5.74) is 6.17. The Morgan fingerprint density at radius 2 is 2.57 bits per heavy atom. The fourth-order valence-electron chi connectivity index (χ4n) is 1.03. The van der Waals surface area contributed by atoms with Gasteiger partial charge in [0.1, 0.15) is 0 Å². The molecule has 0 aliphatic carbocycles. The predicted molar refractivity (Wildman–Crippen MR) is 58.6 cm³/mol. The molecule has 0 saturated carbocycles. The summed E-state index contributed by atoms with van der Waals surface area (Å²) >= 11 is 2.87. The Hall–Kier alpha value is -0.590. The summed E-state index contributed by atoms with van der Waals surface area (Å²) in [5.74, 6) is -0.267. The average molecular weight is 232 g/mol. The number of nitrogens with zero attached hydrogens (tertiary/aromatic N) is 1. The van der Waals surface area contributed by atoms with Gasteiger partial charge in [0, 0.05) is 6.20 Å². The molecule has 0 saturated heterocycles. The lowest BCUT2D eigenvalue weighted by atomic mass is 9.96. The third-order valence-electron chi connectivity index (χ3n) is 1.95. The first-order valence-electron chi connectivity index (χ1n) is 4.01. The van der Waals surface area contributed by atoms with E-state index in [1.54, 1.807) is 17.3 Å². The van der Waals surface area contributed by atoms with Gasteiger partial charge in [-0.1, -0.05) is 0 Å². The molecule has 0 spiro atoms. The van der Waals surface area contributed by atoms with Crippen molar-refractivity contribution in [2.75, 3.05) is 12.0 Å². The van der Waals surface area contributed by atoms with E-state index < -0.39 is 11.5 Å². The second kappa shape index (κ2) is 4.77.